The molecular formula is C24H31N7O3. The first-order valence-electron chi connectivity index (χ1n) is 11.4. The molecule has 0 spiro atoms. The van der Waals surface area contributed by atoms with E-state index in [1.165, 1.54) is 0 Å². The van der Waals surface area contributed by atoms with Gasteiger partial charge in [0, 0.05) is 57.9 Å². The van der Waals surface area contributed by atoms with E-state index in [-0.39, 0.29) is 18.4 Å². The van der Waals surface area contributed by atoms with Gasteiger partial charge >= 0.3 is 0 Å². The van der Waals surface area contributed by atoms with Crippen LogP contribution in [0.2, 0.25) is 0 Å². The number of nitrogens with one attached hydrogen (secondary N) is 1. The number of fused-ring (bicyclic) bond motifs is 1. The summed E-state index contributed by atoms with van der Waals surface area (Å²) in [6, 6.07) is 8.91. The average molecular weight is 466 g/mol. The van der Waals surface area contributed by atoms with Gasteiger partial charge in [0.2, 0.25) is 5.91 Å². The minimum Gasteiger partial charge on any atom is -0.492 e. The molecule has 1 fully saturated rings. The van der Waals surface area contributed by atoms with Gasteiger partial charge in [-0.1, -0.05) is 6.07 Å². The van der Waals surface area contributed by atoms with Crippen molar-refractivity contribution in [3.05, 3.63) is 42.2 Å². The van der Waals surface area contributed by atoms with E-state index < -0.39 is 0 Å². The van der Waals surface area contributed by atoms with Crippen molar-refractivity contribution in [2.24, 2.45) is 0 Å². The largest absolute Gasteiger partial charge is 0.492 e. The van der Waals surface area contributed by atoms with Crippen LogP contribution < -0.4 is 15.0 Å². The Hall–Kier alpha value is -3.66. The lowest BCUT2D eigenvalue weighted by Crippen LogP contribution is -2.48. The molecule has 4 rings (SSSR count). The van der Waals surface area contributed by atoms with E-state index in [9.17, 15) is 9.59 Å². The van der Waals surface area contributed by atoms with E-state index in [1.54, 1.807) is 22.9 Å². The van der Waals surface area contributed by atoms with E-state index in [1.807, 2.05) is 49.1 Å². The summed E-state index contributed by atoms with van der Waals surface area (Å²) >= 11 is 0. The Morgan fingerprint density at radius 2 is 1.91 bits per heavy atom. The second kappa shape index (κ2) is 10.1. The molecule has 0 aliphatic carbocycles. The lowest BCUT2D eigenvalue weighted by atomic mass is 10.2. The molecular weight excluding hydrogens is 434 g/mol. The van der Waals surface area contributed by atoms with Crippen molar-refractivity contribution < 1.29 is 14.3 Å². The minimum atomic E-state index is -0.332. The van der Waals surface area contributed by atoms with Crippen molar-refractivity contribution in [2.75, 3.05) is 64.1 Å². The summed E-state index contributed by atoms with van der Waals surface area (Å²) < 4.78 is 7.41. The molecule has 1 aliphatic rings. The number of aromatic nitrogens is 3. The molecule has 1 N–H and O–H groups in total. The number of carbonyl (C=O) groups excluding carboxylic acids is 2. The van der Waals surface area contributed by atoms with Crippen LogP contribution in [0.15, 0.2) is 36.5 Å². The number of hydrogen-bond acceptors (Lipinski definition) is 7. The Morgan fingerprint density at radius 1 is 1.15 bits per heavy atom. The van der Waals surface area contributed by atoms with Gasteiger partial charge in [0.05, 0.1) is 17.8 Å². The Labute approximate surface area is 199 Å². The normalized spacial score (nSPS) is 14.3. The number of amides is 2. The van der Waals surface area contributed by atoms with Gasteiger partial charge in [-0.3, -0.25) is 14.3 Å². The predicted octanol–water partition coefficient (Wildman–Crippen LogP) is 1.92. The molecule has 0 saturated carbocycles. The first-order valence-corrected chi connectivity index (χ1v) is 11.4. The van der Waals surface area contributed by atoms with Crippen LogP contribution in [0.25, 0.3) is 10.9 Å². The number of piperazine rings is 1. The molecule has 1 saturated heterocycles. The van der Waals surface area contributed by atoms with Crippen LogP contribution in [0, 0.1) is 0 Å². The van der Waals surface area contributed by atoms with Crippen LogP contribution in [-0.2, 0) is 11.3 Å². The van der Waals surface area contributed by atoms with Gasteiger partial charge in [0.15, 0.2) is 0 Å². The highest BCUT2D eigenvalue weighted by atomic mass is 16.5. The third-order valence-corrected chi connectivity index (χ3v) is 5.78. The van der Waals surface area contributed by atoms with Crippen molar-refractivity contribution in [3.63, 3.8) is 0 Å². The van der Waals surface area contributed by atoms with Crippen LogP contribution in [-0.4, -0.2) is 90.3 Å². The maximum Gasteiger partial charge on any atom is 0.274 e. The van der Waals surface area contributed by atoms with E-state index >= 15 is 0 Å². The fourth-order valence-corrected chi connectivity index (χ4v) is 3.84. The zero-order chi connectivity index (χ0) is 24.2. The van der Waals surface area contributed by atoms with Crippen molar-refractivity contribution in [2.45, 2.75) is 13.5 Å². The zero-order valence-electron chi connectivity index (χ0n) is 20.1. The summed E-state index contributed by atoms with van der Waals surface area (Å²) in [5, 5.41) is 8.28. The number of rotatable bonds is 7. The quantitative estimate of drug-likeness (QED) is 0.570. The van der Waals surface area contributed by atoms with E-state index in [0.29, 0.717) is 35.1 Å². The second-order valence-corrected chi connectivity index (χ2v) is 8.58. The van der Waals surface area contributed by atoms with Crippen LogP contribution in [0.1, 0.15) is 17.4 Å². The van der Waals surface area contributed by atoms with Crippen LogP contribution in [0.4, 0.5) is 11.5 Å². The summed E-state index contributed by atoms with van der Waals surface area (Å²) in [4.78, 5) is 36.0. The molecule has 2 amide bonds. The molecule has 34 heavy (non-hydrogen) atoms. The van der Waals surface area contributed by atoms with E-state index in [4.69, 9.17) is 4.74 Å². The Balaban J connectivity index is 1.55. The number of carbonyl (C=O) groups is 2. The molecule has 1 aliphatic heterocycles. The highest BCUT2D eigenvalue weighted by molar-refractivity contribution is 6.05. The summed E-state index contributed by atoms with van der Waals surface area (Å²) in [6.07, 6.45) is 1.82. The molecule has 3 aromatic rings. The summed E-state index contributed by atoms with van der Waals surface area (Å²) in [5.41, 5.74) is 1.53. The van der Waals surface area contributed by atoms with Crippen LogP contribution in [0.3, 0.4) is 0 Å². The lowest BCUT2D eigenvalue weighted by Gasteiger charge is -2.32. The van der Waals surface area contributed by atoms with Gasteiger partial charge in [0.1, 0.15) is 23.8 Å². The van der Waals surface area contributed by atoms with Gasteiger partial charge in [-0.15, -0.1) is 0 Å². The van der Waals surface area contributed by atoms with Gasteiger partial charge < -0.3 is 24.8 Å². The summed E-state index contributed by atoms with van der Waals surface area (Å²) in [7, 11) is 5.80. The van der Waals surface area contributed by atoms with Crippen molar-refractivity contribution in [1.82, 2.24) is 24.6 Å². The Morgan fingerprint density at radius 3 is 2.62 bits per heavy atom. The van der Waals surface area contributed by atoms with E-state index in [2.05, 4.69) is 27.3 Å². The highest BCUT2D eigenvalue weighted by Crippen LogP contribution is 2.30. The number of ether oxygens (including phenoxy) is 1. The maximum absolute atomic E-state index is 12.9. The van der Waals surface area contributed by atoms with Gasteiger partial charge in [0.25, 0.3) is 5.91 Å². The fourth-order valence-electron chi connectivity index (χ4n) is 3.84. The lowest BCUT2D eigenvalue weighted by molar-refractivity contribution is -0.133. The second-order valence-electron chi connectivity index (χ2n) is 8.58. The Bertz CT molecular complexity index is 1180. The van der Waals surface area contributed by atoms with Crippen molar-refractivity contribution in [3.8, 4) is 5.75 Å². The van der Waals surface area contributed by atoms with Crippen LogP contribution in [0.5, 0.6) is 5.75 Å². The summed E-state index contributed by atoms with van der Waals surface area (Å²) in [5.74, 6) is 0.926. The number of anilines is 2. The molecule has 180 valence electrons. The maximum atomic E-state index is 12.9. The number of benzene rings is 1. The molecule has 0 bridgehead atoms. The first-order chi connectivity index (χ1) is 16.3. The zero-order valence-corrected chi connectivity index (χ0v) is 20.1. The first kappa shape index (κ1) is 23.5. The number of pyridine rings is 1. The Kier molecular flexibility index (Phi) is 6.97. The number of likely N-dealkylation sites (N-methyl/N-ethyl adjacent to an activating group) is 1. The molecule has 3 heterocycles. The molecule has 0 unspecified atom stereocenters. The molecule has 0 radical (unpaired) electrons. The highest BCUT2D eigenvalue weighted by Gasteiger charge is 2.20. The minimum absolute atomic E-state index is 0.0475. The standard InChI is InChI=1S/C24H31N7O3/c1-5-34-21-14-19-17(15-31(27-19)16-23(32)30-11-9-29(4)10-12-30)13-20(21)26-24(33)18-7-6-8-22(25-18)28(2)3/h6-8,13-15H,5,9-12,16H2,1-4H3,(H,26,33). The number of nitrogens with zero attached hydrogens (tertiary/aromatic N) is 6. The summed E-state index contributed by atoms with van der Waals surface area (Å²) in [6.45, 7) is 5.69. The third kappa shape index (κ3) is 5.28. The monoisotopic (exact) mass is 465 g/mol. The third-order valence-electron chi connectivity index (χ3n) is 5.78. The fraction of sp³-hybridized carbons (Fsp3) is 0.417. The van der Waals surface area contributed by atoms with Crippen LogP contribution >= 0.6 is 0 Å². The molecule has 10 heteroatoms. The van der Waals surface area contributed by atoms with Gasteiger partial charge in [-0.2, -0.15) is 5.10 Å². The van der Waals surface area contributed by atoms with Crippen molar-refractivity contribution in [1.29, 1.82) is 0 Å². The number of hydrogen-bond donors (Lipinski definition) is 1. The smallest absolute Gasteiger partial charge is 0.274 e. The molecule has 2 aromatic heterocycles. The molecule has 0 atom stereocenters. The van der Waals surface area contributed by atoms with Gasteiger partial charge in [-0.25, -0.2) is 4.98 Å². The SMILES string of the molecule is CCOc1cc2nn(CC(=O)N3CCN(C)CC3)cc2cc1NC(=O)c1cccc(N(C)C)n1. The van der Waals surface area contributed by atoms with Crippen molar-refractivity contribution >= 4 is 34.2 Å². The molecule has 10 nitrogen and oxygen atoms in total. The predicted molar refractivity (Wildman–Crippen MR) is 131 cm³/mol. The van der Waals surface area contributed by atoms with E-state index in [0.717, 1.165) is 31.6 Å². The van der Waals surface area contributed by atoms with Gasteiger partial charge in [-0.05, 0) is 32.2 Å². The average Bonchev–Trinajstić information content (AvgIpc) is 3.20. The molecule has 1 aromatic carbocycles. The topological polar surface area (TPSA) is 95.8 Å².